The molecule has 0 bridgehead atoms. The minimum atomic E-state index is -0.254. The van der Waals surface area contributed by atoms with Crippen LogP contribution in [0.1, 0.15) is 11.6 Å². The second-order valence-electron chi connectivity index (χ2n) is 4.15. The Kier molecular flexibility index (Phi) is 3.03. The molecule has 1 atom stereocenters. The Morgan fingerprint density at radius 3 is 2.76 bits per heavy atom. The number of methoxy groups -OCH3 is 1. The zero-order valence-corrected chi connectivity index (χ0v) is 10.2. The molecule has 4 heteroatoms. The number of nitrogens with one attached hydrogen (secondary N) is 1. The summed E-state index contributed by atoms with van der Waals surface area (Å²) < 4.78 is 5.21. The third-order valence-corrected chi connectivity index (χ3v) is 2.85. The molecule has 88 valence electrons. The van der Waals surface area contributed by atoms with E-state index < -0.39 is 0 Å². The fraction of sp³-hybridized carbons (Fsp3) is 0.308. The molecular formula is C13H15N3O. The molecule has 1 heterocycles. The molecule has 2 rings (SSSR count). The Hall–Kier alpha value is -1.99. The summed E-state index contributed by atoms with van der Waals surface area (Å²) in [5.41, 5.74) is 1.99. The summed E-state index contributed by atoms with van der Waals surface area (Å²) in [6, 6.07) is 7.86. The zero-order chi connectivity index (χ0) is 12.4. The van der Waals surface area contributed by atoms with E-state index in [-0.39, 0.29) is 6.04 Å². The minimum Gasteiger partial charge on any atom is -0.497 e. The molecule has 0 aliphatic heterocycles. The van der Waals surface area contributed by atoms with Crippen molar-refractivity contribution in [3.05, 3.63) is 30.0 Å². The molecule has 0 amide bonds. The Labute approximate surface area is 100 Å². The molecule has 0 spiro atoms. The van der Waals surface area contributed by atoms with Gasteiger partial charge in [-0.25, -0.2) is 0 Å². The molecule has 0 saturated heterocycles. The summed E-state index contributed by atoms with van der Waals surface area (Å²) >= 11 is 0. The van der Waals surface area contributed by atoms with Crippen molar-refractivity contribution in [2.24, 2.45) is 0 Å². The summed E-state index contributed by atoms with van der Waals surface area (Å²) in [6.45, 7) is 0. The molecule has 0 radical (unpaired) electrons. The van der Waals surface area contributed by atoms with Crippen LogP contribution in [0.3, 0.4) is 0 Å². The van der Waals surface area contributed by atoms with E-state index >= 15 is 0 Å². The van der Waals surface area contributed by atoms with Crippen LogP contribution in [0.2, 0.25) is 0 Å². The molecular weight excluding hydrogens is 214 g/mol. The smallest absolute Gasteiger partial charge is 0.125 e. The average molecular weight is 229 g/mol. The van der Waals surface area contributed by atoms with Crippen LogP contribution in [-0.2, 0) is 0 Å². The molecule has 1 unspecified atom stereocenters. The van der Waals surface area contributed by atoms with E-state index in [9.17, 15) is 5.26 Å². The van der Waals surface area contributed by atoms with E-state index in [1.54, 1.807) is 7.11 Å². The number of hydrogen-bond donors (Lipinski definition) is 1. The van der Waals surface area contributed by atoms with Crippen molar-refractivity contribution in [2.75, 3.05) is 21.2 Å². The molecule has 0 saturated carbocycles. The largest absolute Gasteiger partial charge is 0.497 e. The second-order valence-corrected chi connectivity index (χ2v) is 4.15. The number of hydrogen-bond acceptors (Lipinski definition) is 3. The molecule has 2 aromatic rings. The maximum Gasteiger partial charge on any atom is 0.125 e. The number of H-pyrrole nitrogens is 1. The first kappa shape index (κ1) is 11.5. The van der Waals surface area contributed by atoms with Gasteiger partial charge < -0.3 is 9.72 Å². The number of aromatic amines is 1. The van der Waals surface area contributed by atoms with Crippen molar-refractivity contribution in [1.29, 1.82) is 5.26 Å². The number of fused-ring (bicyclic) bond motifs is 1. The van der Waals surface area contributed by atoms with Gasteiger partial charge in [0.2, 0.25) is 0 Å². The van der Waals surface area contributed by atoms with Gasteiger partial charge in [-0.3, -0.25) is 4.90 Å². The lowest BCUT2D eigenvalue weighted by Crippen LogP contribution is -2.17. The summed E-state index contributed by atoms with van der Waals surface area (Å²) in [7, 11) is 5.43. The highest BCUT2D eigenvalue weighted by molar-refractivity contribution is 5.85. The van der Waals surface area contributed by atoms with E-state index in [0.29, 0.717) is 0 Å². The SMILES string of the molecule is COc1ccc2[nH]cc(C(C#N)N(C)C)c2c1. The number of rotatable bonds is 3. The highest BCUT2D eigenvalue weighted by Gasteiger charge is 2.17. The fourth-order valence-electron chi connectivity index (χ4n) is 1.94. The predicted molar refractivity (Wildman–Crippen MR) is 66.9 cm³/mol. The van der Waals surface area contributed by atoms with Crippen molar-refractivity contribution in [1.82, 2.24) is 9.88 Å². The van der Waals surface area contributed by atoms with E-state index in [1.807, 2.05) is 43.4 Å². The van der Waals surface area contributed by atoms with E-state index in [4.69, 9.17) is 4.74 Å². The fourth-order valence-corrected chi connectivity index (χ4v) is 1.94. The number of nitriles is 1. The Bertz CT molecular complexity index is 566. The van der Waals surface area contributed by atoms with Crippen LogP contribution in [0.25, 0.3) is 10.9 Å². The third kappa shape index (κ3) is 1.97. The Morgan fingerprint density at radius 2 is 2.18 bits per heavy atom. The first-order chi connectivity index (χ1) is 8.17. The van der Waals surface area contributed by atoms with Gasteiger partial charge in [-0.05, 0) is 32.3 Å². The second kappa shape index (κ2) is 4.48. The number of ether oxygens (including phenoxy) is 1. The topological polar surface area (TPSA) is 52.1 Å². The first-order valence-electron chi connectivity index (χ1n) is 5.38. The van der Waals surface area contributed by atoms with Crippen molar-refractivity contribution in [3.63, 3.8) is 0 Å². The molecule has 0 aliphatic rings. The highest BCUT2D eigenvalue weighted by Crippen LogP contribution is 2.29. The number of aromatic nitrogens is 1. The summed E-state index contributed by atoms with van der Waals surface area (Å²) in [5.74, 6) is 0.800. The molecule has 1 aromatic heterocycles. The molecule has 4 nitrogen and oxygen atoms in total. The minimum absolute atomic E-state index is 0.254. The van der Waals surface area contributed by atoms with Crippen LogP contribution in [0, 0.1) is 11.3 Å². The number of nitrogens with zero attached hydrogens (tertiary/aromatic N) is 2. The van der Waals surface area contributed by atoms with Crippen LogP contribution < -0.4 is 4.74 Å². The van der Waals surface area contributed by atoms with Gasteiger partial charge in [-0.2, -0.15) is 5.26 Å². The van der Waals surface area contributed by atoms with Crippen molar-refractivity contribution < 1.29 is 4.74 Å². The molecule has 1 N–H and O–H groups in total. The predicted octanol–water partition coefficient (Wildman–Crippen LogP) is 2.30. The number of benzene rings is 1. The quantitative estimate of drug-likeness (QED) is 0.878. The average Bonchev–Trinajstić information content (AvgIpc) is 2.73. The van der Waals surface area contributed by atoms with E-state index in [1.165, 1.54) is 0 Å². The van der Waals surface area contributed by atoms with Gasteiger partial charge in [0.25, 0.3) is 0 Å². The molecule has 0 aliphatic carbocycles. The van der Waals surface area contributed by atoms with Gasteiger partial charge >= 0.3 is 0 Å². The summed E-state index contributed by atoms with van der Waals surface area (Å²) in [5, 5.41) is 10.2. The summed E-state index contributed by atoms with van der Waals surface area (Å²) in [6.07, 6.45) is 1.89. The van der Waals surface area contributed by atoms with Crippen molar-refractivity contribution in [2.45, 2.75) is 6.04 Å². The van der Waals surface area contributed by atoms with Crippen LogP contribution in [-0.4, -0.2) is 31.1 Å². The van der Waals surface area contributed by atoms with Crippen LogP contribution in [0.5, 0.6) is 5.75 Å². The van der Waals surface area contributed by atoms with Crippen molar-refractivity contribution in [3.8, 4) is 11.8 Å². The van der Waals surface area contributed by atoms with Crippen LogP contribution in [0.15, 0.2) is 24.4 Å². The van der Waals surface area contributed by atoms with Crippen molar-refractivity contribution >= 4 is 10.9 Å². The zero-order valence-electron chi connectivity index (χ0n) is 10.2. The molecule has 1 aromatic carbocycles. The summed E-state index contributed by atoms with van der Waals surface area (Å²) in [4.78, 5) is 5.07. The van der Waals surface area contributed by atoms with Gasteiger partial charge in [-0.1, -0.05) is 0 Å². The van der Waals surface area contributed by atoms with Gasteiger partial charge in [0.1, 0.15) is 11.8 Å². The highest BCUT2D eigenvalue weighted by atomic mass is 16.5. The standard InChI is InChI=1S/C13H15N3O/c1-16(2)13(7-14)11-8-15-12-5-4-9(17-3)6-10(11)12/h4-6,8,13,15H,1-3H3. The molecule has 17 heavy (non-hydrogen) atoms. The van der Waals surface area contributed by atoms with Crippen LogP contribution >= 0.6 is 0 Å². The van der Waals surface area contributed by atoms with Gasteiger partial charge in [-0.15, -0.1) is 0 Å². The van der Waals surface area contributed by atoms with Gasteiger partial charge in [0.05, 0.1) is 13.2 Å². The van der Waals surface area contributed by atoms with E-state index in [0.717, 1.165) is 22.2 Å². The maximum absolute atomic E-state index is 9.22. The van der Waals surface area contributed by atoms with Gasteiger partial charge in [0, 0.05) is 22.7 Å². The van der Waals surface area contributed by atoms with Crippen LogP contribution in [0.4, 0.5) is 0 Å². The van der Waals surface area contributed by atoms with E-state index in [2.05, 4.69) is 11.1 Å². The monoisotopic (exact) mass is 229 g/mol. The Morgan fingerprint density at radius 1 is 1.41 bits per heavy atom. The third-order valence-electron chi connectivity index (χ3n) is 2.85. The first-order valence-corrected chi connectivity index (χ1v) is 5.38. The normalized spacial score (nSPS) is 12.6. The lowest BCUT2D eigenvalue weighted by atomic mass is 10.1. The molecule has 0 fully saturated rings. The van der Waals surface area contributed by atoms with Gasteiger partial charge in [0.15, 0.2) is 0 Å². The Balaban J connectivity index is 2.58. The lowest BCUT2D eigenvalue weighted by Gasteiger charge is -2.16. The maximum atomic E-state index is 9.22. The lowest BCUT2D eigenvalue weighted by molar-refractivity contribution is 0.360.